The van der Waals surface area contributed by atoms with E-state index in [0.717, 1.165) is 21.9 Å². The number of carbonyl (C=O) groups excluding carboxylic acids is 2. The van der Waals surface area contributed by atoms with Gasteiger partial charge in [-0.25, -0.2) is 18.4 Å². The summed E-state index contributed by atoms with van der Waals surface area (Å²) in [6.45, 7) is 0.362. The molecule has 26 heavy (non-hydrogen) atoms. The average Bonchev–Trinajstić information content (AvgIpc) is 3.18. The first kappa shape index (κ1) is 18.1. The Bertz CT molecular complexity index is 740. The second-order valence-electron chi connectivity index (χ2n) is 5.51. The lowest BCUT2D eigenvalue weighted by molar-refractivity contribution is 0.142. The molecule has 1 aromatic rings. The van der Waals surface area contributed by atoms with Crippen molar-refractivity contribution in [1.29, 1.82) is 0 Å². The van der Waals surface area contributed by atoms with Crippen molar-refractivity contribution >= 4 is 41.0 Å². The summed E-state index contributed by atoms with van der Waals surface area (Å²) in [5, 5.41) is 2.88. The number of hydrogen-bond acceptors (Lipinski definition) is 6. The van der Waals surface area contributed by atoms with Crippen LogP contribution in [-0.4, -0.2) is 56.8 Å². The number of halogens is 2. The van der Waals surface area contributed by atoms with E-state index in [2.05, 4.69) is 10.1 Å². The van der Waals surface area contributed by atoms with Gasteiger partial charge in [0.25, 0.3) is 5.17 Å². The second kappa shape index (κ2) is 7.28. The van der Waals surface area contributed by atoms with Crippen molar-refractivity contribution in [3.63, 3.8) is 0 Å². The first-order valence-electron chi connectivity index (χ1n) is 7.64. The Morgan fingerprint density at radius 1 is 1.31 bits per heavy atom. The van der Waals surface area contributed by atoms with Gasteiger partial charge in [-0.2, -0.15) is 0 Å². The highest BCUT2D eigenvalue weighted by Crippen LogP contribution is 2.32. The number of amides is 2. The number of nitrogens with zero attached hydrogens (tertiary/aromatic N) is 2. The van der Waals surface area contributed by atoms with E-state index in [1.54, 1.807) is 0 Å². The molecule has 0 aromatic heterocycles. The van der Waals surface area contributed by atoms with Crippen molar-refractivity contribution in [1.82, 2.24) is 5.32 Å². The fourth-order valence-corrected chi connectivity index (χ4v) is 2.75. The molecule has 1 N–H and O–H groups in total. The maximum Gasteiger partial charge on any atom is 0.414 e. The zero-order chi connectivity index (χ0) is 18.8. The Balaban J connectivity index is 1.76. The van der Waals surface area contributed by atoms with Gasteiger partial charge in [0.05, 0.1) is 32.4 Å². The third kappa shape index (κ3) is 3.47. The minimum absolute atomic E-state index is 0.0156. The predicted octanol–water partition coefficient (Wildman–Crippen LogP) is 1.77. The minimum atomic E-state index is -0.978. The third-order valence-corrected chi connectivity index (χ3v) is 4.19. The molecule has 0 bridgehead atoms. The number of cyclic esters (lactones) is 2. The van der Waals surface area contributed by atoms with Crippen molar-refractivity contribution in [3.05, 3.63) is 23.8 Å². The summed E-state index contributed by atoms with van der Waals surface area (Å²) in [4.78, 5) is 25.5. The Kier molecular flexibility index (Phi) is 5.07. The number of nitrogens with one attached hydrogen (secondary N) is 1. The fraction of sp³-hybridized carbons (Fsp3) is 0.400. The average molecular weight is 387 g/mol. The minimum Gasteiger partial charge on any atom is -0.474 e. The maximum absolute atomic E-state index is 14.4. The number of methoxy groups -OCH3 is 1. The van der Waals surface area contributed by atoms with Crippen molar-refractivity contribution in [3.8, 4) is 0 Å². The van der Waals surface area contributed by atoms with Crippen LogP contribution in [0.25, 0.3) is 0 Å². The Morgan fingerprint density at radius 3 is 2.58 bits per heavy atom. The summed E-state index contributed by atoms with van der Waals surface area (Å²) >= 11 is 4.82. The summed E-state index contributed by atoms with van der Waals surface area (Å²) in [5.74, 6) is -1.96. The zero-order valence-corrected chi connectivity index (χ0v) is 14.5. The smallest absolute Gasteiger partial charge is 0.414 e. The third-order valence-electron chi connectivity index (χ3n) is 3.88. The molecule has 8 nitrogen and oxygen atoms in total. The lowest BCUT2D eigenvalue weighted by atomic mass is 10.2. The van der Waals surface area contributed by atoms with Crippen LogP contribution in [0.5, 0.6) is 0 Å². The molecule has 140 valence electrons. The zero-order valence-electron chi connectivity index (χ0n) is 13.7. The molecule has 11 heteroatoms. The monoisotopic (exact) mass is 387 g/mol. The molecular weight excluding hydrogens is 372 g/mol. The van der Waals surface area contributed by atoms with E-state index in [4.69, 9.17) is 21.7 Å². The van der Waals surface area contributed by atoms with E-state index in [1.165, 1.54) is 7.11 Å². The molecule has 2 aliphatic heterocycles. The Labute approximate surface area is 152 Å². The quantitative estimate of drug-likeness (QED) is 0.789. The lowest BCUT2D eigenvalue weighted by Crippen LogP contribution is -2.34. The van der Waals surface area contributed by atoms with Crippen LogP contribution in [0.3, 0.4) is 0 Å². The predicted molar refractivity (Wildman–Crippen MR) is 90.3 cm³/mol. The van der Waals surface area contributed by atoms with Crippen LogP contribution in [0.2, 0.25) is 0 Å². The summed E-state index contributed by atoms with van der Waals surface area (Å²) < 4.78 is 43.4. The standard InChI is InChI=1S/C15H15F2N3O5S/c1-23-13(26)18-6-9-7-20(15(22)25-9)8-4-10(16)12(11(17)5-8)19-2-3-24-14(19)21/h4-5,9H,2-3,6-7H2,1H3,(H,18,26)/t9-/m0/s1. The highest BCUT2D eigenvalue weighted by molar-refractivity contribution is 7.80. The van der Waals surface area contributed by atoms with Crippen LogP contribution < -0.4 is 15.1 Å². The molecule has 0 unspecified atom stereocenters. The van der Waals surface area contributed by atoms with Gasteiger partial charge in [0, 0.05) is 12.1 Å². The van der Waals surface area contributed by atoms with Gasteiger partial charge < -0.3 is 19.5 Å². The van der Waals surface area contributed by atoms with Crippen LogP contribution in [0.4, 0.5) is 29.7 Å². The Hall–Kier alpha value is -2.69. The van der Waals surface area contributed by atoms with E-state index < -0.39 is 35.6 Å². The van der Waals surface area contributed by atoms with Gasteiger partial charge in [-0.05, 0) is 12.2 Å². The van der Waals surface area contributed by atoms with Gasteiger partial charge in [0.15, 0.2) is 11.6 Å². The van der Waals surface area contributed by atoms with E-state index in [9.17, 15) is 18.4 Å². The second-order valence-corrected chi connectivity index (χ2v) is 5.88. The number of carbonyl (C=O) groups is 2. The molecule has 2 fully saturated rings. The van der Waals surface area contributed by atoms with E-state index in [-0.39, 0.29) is 37.1 Å². The molecule has 2 saturated heterocycles. The molecule has 1 atom stereocenters. The molecule has 0 saturated carbocycles. The number of thiocarbonyl (C=S) groups is 1. The SMILES string of the molecule is COC(=S)NC[C@H]1CN(c2cc(F)c(N3CCOC3=O)c(F)c2)C(=O)O1. The lowest BCUT2D eigenvalue weighted by Gasteiger charge is -2.18. The fourth-order valence-electron chi connectivity index (χ4n) is 2.67. The van der Waals surface area contributed by atoms with Crippen molar-refractivity contribution in [2.75, 3.05) is 43.2 Å². The van der Waals surface area contributed by atoms with Crippen molar-refractivity contribution in [2.45, 2.75) is 6.10 Å². The number of anilines is 2. The van der Waals surface area contributed by atoms with E-state index >= 15 is 0 Å². The molecule has 1 aromatic carbocycles. The molecule has 2 aliphatic rings. The maximum atomic E-state index is 14.4. The van der Waals surface area contributed by atoms with Crippen molar-refractivity contribution in [2.24, 2.45) is 0 Å². The summed E-state index contributed by atoms with van der Waals surface area (Å²) in [7, 11) is 1.39. The van der Waals surface area contributed by atoms with Crippen LogP contribution in [0.15, 0.2) is 12.1 Å². The molecule has 3 rings (SSSR count). The largest absolute Gasteiger partial charge is 0.474 e. The van der Waals surface area contributed by atoms with Gasteiger partial charge in [-0.3, -0.25) is 9.80 Å². The van der Waals surface area contributed by atoms with Gasteiger partial charge in [0.2, 0.25) is 0 Å². The molecule has 0 spiro atoms. The van der Waals surface area contributed by atoms with Crippen LogP contribution >= 0.6 is 12.2 Å². The van der Waals surface area contributed by atoms with Crippen molar-refractivity contribution < 1.29 is 32.6 Å². The van der Waals surface area contributed by atoms with E-state index in [1.807, 2.05) is 0 Å². The number of rotatable bonds is 4. The van der Waals surface area contributed by atoms with Crippen LogP contribution in [0.1, 0.15) is 0 Å². The summed E-state index contributed by atoms with van der Waals surface area (Å²) in [6, 6.07) is 1.95. The Morgan fingerprint density at radius 2 is 2.00 bits per heavy atom. The van der Waals surface area contributed by atoms with Crippen LogP contribution in [-0.2, 0) is 14.2 Å². The first-order valence-corrected chi connectivity index (χ1v) is 8.05. The number of hydrogen-bond donors (Lipinski definition) is 1. The number of ether oxygens (including phenoxy) is 3. The molecule has 2 heterocycles. The highest BCUT2D eigenvalue weighted by atomic mass is 32.1. The topological polar surface area (TPSA) is 80.3 Å². The molecule has 0 aliphatic carbocycles. The van der Waals surface area contributed by atoms with Gasteiger partial charge in [-0.15, -0.1) is 0 Å². The molecule has 0 radical (unpaired) electrons. The molecule has 2 amide bonds. The highest BCUT2D eigenvalue weighted by Gasteiger charge is 2.35. The first-order chi connectivity index (χ1) is 12.4. The van der Waals surface area contributed by atoms with E-state index in [0.29, 0.717) is 0 Å². The normalized spacial score (nSPS) is 19.4. The molecular formula is C15H15F2N3O5S. The number of benzene rings is 1. The van der Waals surface area contributed by atoms with Crippen LogP contribution in [0, 0.1) is 11.6 Å². The summed E-state index contributed by atoms with van der Waals surface area (Å²) in [5.41, 5.74) is -0.523. The van der Waals surface area contributed by atoms with Gasteiger partial charge >= 0.3 is 12.2 Å². The van der Waals surface area contributed by atoms with Gasteiger partial charge in [0.1, 0.15) is 18.4 Å². The van der Waals surface area contributed by atoms with Gasteiger partial charge in [-0.1, -0.05) is 0 Å². The summed E-state index contributed by atoms with van der Waals surface area (Å²) in [6.07, 6.45) is -2.14.